The Kier molecular flexibility index (Phi) is 2.57. The molecule has 5 heteroatoms. The van der Waals surface area contributed by atoms with Crippen molar-refractivity contribution in [1.82, 2.24) is 9.38 Å². The van der Waals surface area contributed by atoms with Crippen molar-refractivity contribution >= 4 is 23.1 Å². The highest BCUT2D eigenvalue weighted by Crippen LogP contribution is 2.31. The van der Waals surface area contributed by atoms with Gasteiger partial charge in [-0.2, -0.15) is 0 Å². The summed E-state index contributed by atoms with van der Waals surface area (Å²) in [6.45, 7) is 0. The molecule has 0 unspecified atom stereocenters. The topological polar surface area (TPSA) is 46.7 Å². The lowest BCUT2D eigenvalue weighted by atomic mass is 10.1. The third-order valence-corrected chi connectivity index (χ3v) is 2.93. The van der Waals surface area contributed by atoms with E-state index in [1.54, 1.807) is 22.7 Å². The molecule has 0 saturated heterocycles. The third kappa shape index (κ3) is 1.67. The van der Waals surface area contributed by atoms with Crippen LogP contribution in [0.5, 0.6) is 0 Å². The lowest BCUT2D eigenvalue weighted by Gasteiger charge is -1.96. The van der Waals surface area contributed by atoms with Crippen molar-refractivity contribution in [1.29, 1.82) is 0 Å². The molecule has 2 heterocycles. The van der Waals surface area contributed by atoms with E-state index in [1.165, 1.54) is 0 Å². The fourth-order valence-corrected chi connectivity index (χ4v) is 2.04. The first-order valence-electron chi connectivity index (χ1n) is 5.36. The van der Waals surface area contributed by atoms with Gasteiger partial charge in [-0.3, -0.25) is 4.40 Å². The van der Waals surface area contributed by atoms with E-state index >= 15 is 0 Å². The van der Waals surface area contributed by atoms with Gasteiger partial charge in [-0.1, -0.05) is 41.9 Å². The average molecular weight is 258 g/mol. The number of aromatic nitrogens is 2. The fourth-order valence-electron chi connectivity index (χ4n) is 1.88. The second-order valence-corrected chi connectivity index (χ2v) is 4.25. The SMILES string of the molecule is O=Nc1c(-c2ccccc2)nc2cc(Cl)ccn12. The standard InChI is InChI=1S/C13H8ClN3O/c14-10-6-7-17-11(8-10)15-12(13(17)16-18)9-4-2-1-3-5-9/h1-8H. The molecule has 0 saturated carbocycles. The molecule has 0 aliphatic heterocycles. The van der Waals surface area contributed by atoms with Crippen molar-refractivity contribution in [2.45, 2.75) is 0 Å². The van der Waals surface area contributed by atoms with E-state index in [9.17, 15) is 4.91 Å². The maximum absolute atomic E-state index is 11.0. The summed E-state index contributed by atoms with van der Waals surface area (Å²) in [7, 11) is 0. The van der Waals surface area contributed by atoms with Crippen LogP contribution in [0.3, 0.4) is 0 Å². The molecule has 0 bridgehead atoms. The van der Waals surface area contributed by atoms with Crippen LogP contribution in [0.4, 0.5) is 5.82 Å². The normalized spacial score (nSPS) is 10.7. The minimum absolute atomic E-state index is 0.285. The minimum atomic E-state index is 0.285. The van der Waals surface area contributed by atoms with Gasteiger partial charge in [0.15, 0.2) is 0 Å². The van der Waals surface area contributed by atoms with Gasteiger partial charge < -0.3 is 0 Å². The first kappa shape index (κ1) is 10.9. The number of hydrogen-bond donors (Lipinski definition) is 0. The summed E-state index contributed by atoms with van der Waals surface area (Å²) in [5, 5.41) is 3.65. The predicted octanol–water partition coefficient (Wildman–Crippen LogP) is 4.05. The van der Waals surface area contributed by atoms with E-state index in [0.29, 0.717) is 16.4 Å². The number of halogens is 1. The molecule has 0 atom stereocenters. The molecule has 0 spiro atoms. The van der Waals surface area contributed by atoms with Gasteiger partial charge in [0.1, 0.15) is 11.3 Å². The van der Waals surface area contributed by atoms with Gasteiger partial charge in [0.2, 0.25) is 5.82 Å². The molecule has 88 valence electrons. The molecule has 0 fully saturated rings. The van der Waals surface area contributed by atoms with Crippen LogP contribution in [-0.4, -0.2) is 9.38 Å². The molecule has 2 aromatic heterocycles. The Hall–Kier alpha value is -2.20. The van der Waals surface area contributed by atoms with Crippen LogP contribution in [0.1, 0.15) is 0 Å². The van der Waals surface area contributed by atoms with Gasteiger partial charge in [0.05, 0.1) is 0 Å². The van der Waals surface area contributed by atoms with Gasteiger partial charge in [-0.25, -0.2) is 4.98 Å². The molecule has 4 nitrogen and oxygen atoms in total. The zero-order chi connectivity index (χ0) is 12.5. The molecule has 0 radical (unpaired) electrons. The Morgan fingerprint density at radius 1 is 1.17 bits per heavy atom. The monoisotopic (exact) mass is 257 g/mol. The molecule has 0 amide bonds. The lowest BCUT2D eigenvalue weighted by molar-refractivity contribution is 1.16. The van der Waals surface area contributed by atoms with Gasteiger partial charge in [0, 0.05) is 22.8 Å². The van der Waals surface area contributed by atoms with E-state index < -0.39 is 0 Å². The summed E-state index contributed by atoms with van der Waals surface area (Å²) in [5.41, 5.74) is 2.02. The summed E-state index contributed by atoms with van der Waals surface area (Å²) in [4.78, 5) is 15.4. The summed E-state index contributed by atoms with van der Waals surface area (Å²) in [6, 6.07) is 12.9. The zero-order valence-electron chi connectivity index (χ0n) is 9.25. The summed E-state index contributed by atoms with van der Waals surface area (Å²) in [6.07, 6.45) is 1.69. The highest BCUT2D eigenvalue weighted by Gasteiger charge is 2.14. The highest BCUT2D eigenvalue weighted by atomic mass is 35.5. The smallest absolute Gasteiger partial charge is 0.209 e. The maximum Gasteiger partial charge on any atom is 0.209 e. The van der Waals surface area contributed by atoms with Crippen molar-refractivity contribution in [2.24, 2.45) is 5.18 Å². The largest absolute Gasteiger partial charge is 0.281 e. The molecule has 1 aromatic carbocycles. The number of pyridine rings is 1. The van der Waals surface area contributed by atoms with E-state index in [0.717, 1.165) is 5.56 Å². The lowest BCUT2D eigenvalue weighted by Crippen LogP contribution is -1.81. The second-order valence-electron chi connectivity index (χ2n) is 3.81. The van der Waals surface area contributed by atoms with E-state index in [-0.39, 0.29) is 5.82 Å². The van der Waals surface area contributed by atoms with Crippen LogP contribution in [0.25, 0.3) is 16.9 Å². The van der Waals surface area contributed by atoms with Crippen LogP contribution < -0.4 is 0 Å². The van der Waals surface area contributed by atoms with Crippen LogP contribution >= 0.6 is 11.6 Å². The Morgan fingerprint density at radius 2 is 1.94 bits per heavy atom. The van der Waals surface area contributed by atoms with Crippen LogP contribution in [0.2, 0.25) is 5.02 Å². The molecule has 0 aliphatic carbocycles. The Bertz CT molecular complexity index is 722. The third-order valence-electron chi connectivity index (χ3n) is 2.70. The van der Waals surface area contributed by atoms with Gasteiger partial charge >= 0.3 is 0 Å². The van der Waals surface area contributed by atoms with E-state index in [2.05, 4.69) is 10.2 Å². The summed E-state index contributed by atoms with van der Waals surface area (Å²) in [5.74, 6) is 0.285. The number of nitroso groups, excluding NO2 is 1. The summed E-state index contributed by atoms with van der Waals surface area (Å²) >= 11 is 5.91. The molecule has 0 aliphatic rings. The summed E-state index contributed by atoms with van der Waals surface area (Å²) < 4.78 is 1.63. The molecule has 18 heavy (non-hydrogen) atoms. The van der Waals surface area contributed by atoms with E-state index in [1.807, 2.05) is 30.3 Å². The number of benzene rings is 1. The molecular formula is C13H8ClN3O. The number of rotatable bonds is 2. The molecule has 3 aromatic rings. The van der Waals surface area contributed by atoms with Gasteiger partial charge in [0.25, 0.3) is 0 Å². The van der Waals surface area contributed by atoms with Gasteiger partial charge in [-0.05, 0) is 11.2 Å². The maximum atomic E-state index is 11.0. The Balaban J connectivity index is 2.33. The minimum Gasteiger partial charge on any atom is -0.281 e. The van der Waals surface area contributed by atoms with Gasteiger partial charge in [-0.15, -0.1) is 4.91 Å². The van der Waals surface area contributed by atoms with Crippen LogP contribution in [0, 0.1) is 4.91 Å². The molecular weight excluding hydrogens is 250 g/mol. The van der Waals surface area contributed by atoms with E-state index in [4.69, 9.17) is 11.6 Å². The Labute approximate surface area is 108 Å². The number of hydrogen-bond acceptors (Lipinski definition) is 3. The molecule has 3 rings (SSSR count). The number of imidazole rings is 1. The van der Waals surface area contributed by atoms with Crippen molar-refractivity contribution in [3.8, 4) is 11.3 Å². The number of fused-ring (bicyclic) bond motifs is 1. The fraction of sp³-hybridized carbons (Fsp3) is 0. The predicted molar refractivity (Wildman–Crippen MR) is 71.1 cm³/mol. The van der Waals surface area contributed by atoms with Crippen molar-refractivity contribution in [3.63, 3.8) is 0 Å². The zero-order valence-corrected chi connectivity index (χ0v) is 10.0. The second kappa shape index (κ2) is 4.23. The average Bonchev–Trinajstić information content (AvgIpc) is 2.77. The quantitative estimate of drug-likeness (QED) is 0.650. The first-order valence-corrected chi connectivity index (χ1v) is 5.74. The van der Waals surface area contributed by atoms with Crippen LogP contribution in [0.15, 0.2) is 53.8 Å². The highest BCUT2D eigenvalue weighted by molar-refractivity contribution is 6.30. The van der Waals surface area contributed by atoms with Crippen LogP contribution in [-0.2, 0) is 0 Å². The van der Waals surface area contributed by atoms with Crippen molar-refractivity contribution in [2.75, 3.05) is 0 Å². The first-order chi connectivity index (χ1) is 8.79. The Morgan fingerprint density at radius 3 is 2.67 bits per heavy atom. The number of nitrogens with zero attached hydrogens (tertiary/aromatic N) is 3. The van der Waals surface area contributed by atoms with Crippen molar-refractivity contribution in [3.05, 3.63) is 58.6 Å². The van der Waals surface area contributed by atoms with Crippen molar-refractivity contribution < 1.29 is 0 Å². The molecule has 0 N–H and O–H groups in total.